The van der Waals surface area contributed by atoms with Gasteiger partial charge in [0.1, 0.15) is 9.84 Å². The molecular formula is C12H16O4S2. The highest BCUT2D eigenvalue weighted by Crippen LogP contribution is 2.17. The Kier molecular flexibility index (Phi) is 5.68. The van der Waals surface area contributed by atoms with Crippen LogP contribution in [0.25, 0.3) is 0 Å². The number of hydrogen-bond donors (Lipinski definition) is 0. The Hall–Kier alpha value is -1.01. The van der Waals surface area contributed by atoms with E-state index in [0.717, 1.165) is 5.56 Å². The van der Waals surface area contributed by atoms with E-state index in [1.807, 2.05) is 12.1 Å². The van der Waals surface area contributed by atoms with Gasteiger partial charge in [-0.25, -0.2) is 13.2 Å². The summed E-state index contributed by atoms with van der Waals surface area (Å²) in [6, 6.07) is 7.17. The van der Waals surface area contributed by atoms with Crippen molar-refractivity contribution >= 4 is 27.6 Å². The maximum atomic E-state index is 11.5. The molecule has 0 aliphatic rings. The van der Waals surface area contributed by atoms with Crippen LogP contribution in [0.15, 0.2) is 24.3 Å². The first-order valence-corrected chi connectivity index (χ1v) is 8.57. The van der Waals surface area contributed by atoms with Crippen LogP contribution in [0.5, 0.6) is 0 Å². The SMILES string of the molecule is COC(=O)c1ccccc1CSCCS(C)(=O)=O. The summed E-state index contributed by atoms with van der Waals surface area (Å²) >= 11 is 1.49. The quantitative estimate of drug-likeness (QED) is 0.589. The van der Waals surface area contributed by atoms with Gasteiger partial charge in [0.2, 0.25) is 0 Å². The van der Waals surface area contributed by atoms with Crippen LogP contribution in [-0.4, -0.2) is 39.3 Å². The van der Waals surface area contributed by atoms with Crippen LogP contribution in [0.3, 0.4) is 0 Å². The van der Waals surface area contributed by atoms with E-state index in [9.17, 15) is 13.2 Å². The Balaban J connectivity index is 2.60. The highest BCUT2D eigenvalue weighted by molar-refractivity contribution is 7.99. The van der Waals surface area contributed by atoms with Gasteiger partial charge in [-0.15, -0.1) is 0 Å². The second-order valence-electron chi connectivity index (χ2n) is 3.83. The van der Waals surface area contributed by atoms with E-state index in [0.29, 0.717) is 17.1 Å². The molecule has 0 aliphatic heterocycles. The van der Waals surface area contributed by atoms with Gasteiger partial charge in [-0.05, 0) is 11.6 Å². The summed E-state index contributed by atoms with van der Waals surface area (Å²) in [5.41, 5.74) is 1.40. The minimum absolute atomic E-state index is 0.151. The molecule has 0 N–H and O–H groups in total. The van der Waals surface area contributed by atoms with E-state index in [2.05, 4.69) is 0 Å². The molecule has 0 atom stereocenters. The minimum atomic E-state index is -2.92. The van der Waals surface area contributed by atoms with Gasteiger partial charge in [-0.1, -0.05) is 18.2 Å². The Bertz CT molecular complexity index is 509. The molecule has 1 rings (SSSR count). The molecule has 100 valence electrons. The first kappa shape index (κ1) is 15.0. The summed E-state index contributed by atoms with van der Waals surface area (Å²) in [6.45, 7) is 0. The van der Waals surface area contributed by atoms with Gasteiger partial charge >= 0.3 is 5.97 Å². The molecular weight excluding hydrogens is 272 g/mol. The van der Waals surface area contributed by atoms with Crippen LogP contribution in [0.1, 0.15) is 15.9 Å². The van der Waals surface area contributed by atoms with Gasteiger partial charge in [0.15, 0.2) is 0 Å². The largest absolute Gasteiger partial charge is 0.465 e. The lowest BCUT2D eigenvalue weighted by Gasteiger charge is -2.07. The van der Waals surface area contributed by atoms with E-state index in [1.54, 1.807) is 12.1 Å². The van der Waals surface area contributed by atoms with Gasteiger partial charge in [0.05, 0.1) is 18.4 Å². The lowest BCUT2D eigenvalue weighted by Crippen LogP contribution is -2.07. The zero-order valence-corrected chi connectivity index (χ0v) is 12.0. The third-order valence-corrected chi connectivity index (χ3v) is 4.49. The van der Waals surface area contributed by atoms with Crippen molar-refractivity contribution in [2.45, 2.75) is 5.75 Å². The number of hydrogen-bond acceptors (Lipinski definition) is 5. The highest BCUT2D eigenvalue weighted by atomic mass is 32.2. The fourth-order valence-corrected chi connectivity index (χ4v) is 3.65. The Morgan fingerprint density at radius 1 is 1.33 bits per heavy atom. The van der Waals surface area contributed by atoms with Crippen LogP contribution in [0.2, 0.25) is 0 Å². The molecule has 0 amide bonds. The molecule has 4 nitrogen and oxygen atoms in total. The lowest BCUT2D eigenvalue weighted by molar-refractivity contribution is 0.0600. The first-order chi connectivity index (χ1) is 8.44. The molecule has 0 aliphatic carbocycles. The number of thioether (sulfide) groups is 1. The Labute approximate surface area is 112 Å². The summed E-state index contributed by atoms with van der Waals surface area (Å²) in [7, 11) is -1.58. The van der Waals surface area contributed by atoms with Gasteiger partial charge in [-0.3, -0.25) is 0 Å². The smallest absolute Gasteiger partial charge is 0.338 e. The standard InChI is InChI=1S/C12H16O4S2/c1-16-12(13)11-6-4-3-5-10(11)9-17-7-8-18(2,14)15/h3-6H,7-9H2,1-2H3. The minimum Gasteiger partial charge on any atom is -0.465 e. The molecule has 0 unspecified atom stereocenters. The van der Waals surface area contributed by atoms with Crippen molar-refractivity contribution in [3.05, 3.63) is 35.4 Å². The second kappa shape index (κ2) is 6.80. The highest BCUT2D eigenvalue weighted by Gasteiger charge is 2.11. The van der Waals surface area contributed by atoms with E-state index in [1.165, 1.54) is 25.1 Å². The first-order valence-electron chi connectivity index (χ1n) is 5.36. The number of benzene rings is 1. The van der Waals surface area contributed by atoms with Crippen molar-refractivity contribution in [1.82, 2.24) is 0 Å². The fourth-order valence-electron chi connectivity index (χ4n) is 1.35. The monoisotopic (exact) mass is 288 g/mol. The summed E-state index contributed by atoms with van der Waals surface area (Å²) in [5.74, 6) is 0.905. The van der Waals surface area contributed by atoms with Crippen LogP contribution in [0, 0.1) is 0 Å². The summed E-state index contributed by atoms with van der Waals surface area (Å²) in [5, 5.41) is 0. The molecule has 6 heteroatoms. The lowest BCUT2D eigenvalue weighted by atomic mass is 10.1. The Morgan fingerprint density at radius 3 is 2.61 bits per heavy atom. The molecule has 0 heterocycles. The zero-order valence-electron chi connectivity index (χ0n) is 10.4. The average Bonchev–Trinajstić information content (AvgIpc) is 2.33. The maximum absolute atomic E-state index is 11.5. The molecule has 0 aromatic heterocycles. The fraction of sp³-hybridized carbons (Fsp3) is 0.417. The molecule has 1 aromatic rings. The van der Waals surface area contributed by atoms with Crippen molar-refractivity contribution in [3.8, 4) is 0 Å². The van der Waals surface area contributed by atoms with Crippen LogP contribution >= 0.6 is 11.8 Å². The van der Waals surface area contributed by atoms with Crippen molar-refractivity contribution in [3.63, 3.8) is 0 Å². The van der Waals surface area contributed by atoms with Crippen molar-refractivity contribution in [1.29, 1.82) is 0 Å². The van der Waals surface area contributed by atoms with Crippen LogP contribution in [0.4, 0.5) is 0 Å². The molecule has 0 bridgehead atoms. The number of ether oxygens (including phenoxy) is 1. The number of carbonyl (C=O) groups excluding carboxylic acids is 1. The van der Waals surface area contributed by atoms with E-state index < -0.39 is 9.84 Å². The van der Waals surface area contributed by atoms with Crippen molar-refractivity contribution in [2.75, 3.05) is 24.9 Å². The second-order valence-corrected chi connectivity index (χ2v) is 7.20. The molecule has 1 aromatic carbocycles. The third kappa shape index (κ3) is 5.10. The predicted octanol–water partition coefficient (Wildman–Crippen LogP) is 1.75. The van der Waals surface area contributed by atoms with Crippen molar-refractivity contribution in [2.24, 2.45) is 0 Å². The summed E-state index contributed by atoms with van der Waals surface area (Å²) in [4.78, 5) is 11.5. The molecule has 0 saturated carbocycles. The molecule has 0 saturated heterocycles. The van der Waals surface area contributed by atoms with Crippen LogP contribution in [-0.2, 0) is 20.3 Å². The average molecular weight is 288 g/mol. The van der Waals surface area contributed by atoms with Gasteiger partial charge in [0, 0.05) is 17.8 Å². The maximum Gasteiger partial charge on any atom is 0.338 e. The number of rotatable bonds is 6. The summed E-state index contributed by atoms with van der Waals surface area (Å²) in [6.07, 6.45) is 1.22. The van der Waals surface area contributed by atoms with Crippen molar-refractivity contribution < 1.29 is 17.9 Å². The van der Waals surface area contributed by atoms with E-state index >= 15 is 0 Å². The topological polar surface area (TPSA) is 60.4 Å². The van der Waals surface area contributed by atoms with Crippen LogP contribution < -0.4 is 0 Å². The number of esters is 1. The summed E-state index contributed by atoms with van der Waals surface area (Å²) < 4.78 is 26.6. The van der Waals surface area contributed by atoms with Gasteiger partial charge in [-0.2, -0.15) is 11.8 Å². The molecule has 0 fully saturated rings. The normalized spacial score (nSPS) is 11.2. The van der Waals surface area contributed by atoms with E-state index in [-0.39, 0.29) is 11.7 Å². The molecule has 0 radical (unpaired) electrons. The van der Waals surface area contributed by atoms with Gasteiger partial charge < -0.3 is 4.74 Å². The third-order valence-electron chi connectivity index (χ3n) is 2.28. The Morgan fingerprint density at radius 2 is 2.00 bits per heavy atom. The number of sulfone groups is 1. The predicted molar refractivity (Wildman–Crippen MR) is 73.7 cm³/mol. The number of carbonyl (C=O) groups is 1. The zero-order chi connectivity index (χ0) is 13.6. The van der Waals surface area contributed by atoms with E-state index in [4.69, 9.17) is 4.74 Å². The van der Waals surface area contributed by atoms with Gasteiger partial charge in [0.25, 0.3) is 0 Å². The number of methoxy groups -OCH3 is 1. The molecule has 18 heavy (non-hydrogen) atoms. The molecule has 0 spiro atoms.